The Morgan fingerprint density at radius 1 is 1.06 bits per heavy atom. The van der Waals surface area contributed by atoms with Gasteiger partial charge in [0.2, 0.25) is 5.91 Å². The fourth-order valence-corrected chi connectivity index (χ4v) is 4.85. The summed E-state index contributed by atoms with van der Waals surface area (Å²) in [5.41, 5.74) is 5.14. The van der Waals surface area contributed by atoms with Crippen molar-refractivity contribution in [3.63, 3.8) is 0 Å². The van der Waals surface area contributed by atoms with E-state index in [0.29, 0.717) is 19.6 Å². The number of hydrogen-bond acceptors (Lipinski definition) is 4. The topological polar surface area (TPSA) is 44.8 Å². The van der Waals surface area contributed by atoms with Crippen molar-refractivity contribution in [1.29, 1.82) is 0 Å². The molecule has 0 aliphatic carbocycles. The molecular formula is C26H35N3O2. The largest absolute Gasteiger partial charge is 0.494 e. The Labute approximate surface area is 186 Å². The van der Waals surface area contributed by atoms with Crippen molar-refractivity contribution in [2.45, 2.75) is 45.1 Å². The molecule has 166 valence electrons. The molecule has 0 bridgehead atoms. The second-order valence-corrected chi connectivity index (χ2v) is 8.73. The summed E-state index contributed by atoms with van der Waals surface area (Å²) in [5, 5.41) is 3.21. The number of aryl methyl sites for hydroxylation is 1. The molecule has 1 amide bonds. The van der Waals surface area contributed by atoms with Crippen molar-refractivity contribution >= 4 is 11.6 Å². The number of hydrogen-bond donors (Lipinski definition) is 1. The van der Waals surface area contributed by atoms with Crippen LogP contribution in [0, 0.1) is 0 Å². The van der Waals surface area contributed by atoms with Gasteiger partial charge < -0.3 is 15.0 Å². The first-order valence-corrected chi connectivity index (χ1v) is 11.7. The van der Waals surface area contributed by atoms with Crippen LogP contribution in [0.2, 0.25) is 0 Å². The van der Waals surface area contributed by atoms with E-state index in [0.717, 1.165) is 37.4 Å². The number of likely N-dealkylation sites (tertiary alicyclic amines) is 1. The van der Waals surface area contributed by atoms with Gasteiger partial charge in [0, 0.05) is 25.8 Å². The smallest absolute Gasteiger partial charge is 0.224 e. The molecule has 0 unspecified atom stereocenters. The van der Waals surface area contributed by atoms with Crippen LogP contribution < -0.4 is 15.0 Å². The Balaban J connectivity index is 1.42. The zero-order valence-electron chi connectivity index (χ0n) is 18.9. The normalized spacial score (nSPS) is 17.3. The molecule has 5 nitrogen and oxygen atoms in total. The Morgan fingerprint density at radius 3 is 2.58 bits per heavy atom. The summed E-state index contributed by atoms with van der Waals surface area (Å²) in [5.74, 6) is 0.921. The van der Waals surface area contributed by atoms with E-state index in [2.05, 4.69) is 40.4 Å². The Kier molecular flexibility index (Phi) is 7.13. The van der Waals surface area contributed by atoms with Gasteiger partial charge in [0.25, 0.3) is 0 Å². The van der Waals surface area contributed by atoms with Crippen molar-refractivity contribution in [2.75, 3.05) is 44.7 Å². The lowest BCUT2D eigenvalue weighted by Gasteiger charge is -2.32. The zero-order valence-corrected chi connectivity index (χ0v) is 18.9. The van der Waals surface area contributed by atoms with E-state index in [1.54, 1.807) is 0 Å². The molecule has 2 aliphatic heterocycles. The van der Waals surface area contributed by atoms with Gasteiger partial charge in [-0.2, -0.15) is 0 Å². The van der Waals surface area contributed by atoms with E-state index in [9.17, 15) is 4.79 Å². The highest BCUT2D eigenvalue weighted by Crippen LogP contribution is 2.31. The number of fused-ring (bicyclic) bond motifs is 1. The Bertz CT molecular complexity index is 875. The number of nitrogens with one attached hydrogen (secondary N) is 1. The highest BCUT2D eigenvalue weighted by atomic mass is 16.5. The second-order valence-electron chi connectivity index (χ2n) is 8.73. The summed E-state index contributed by atoms with van der Waals surface area (Å²) in [6.07, 6.45) is 5.23. The lowest BCUT2D eigenvalue weighted by atomic mass is 9.96. The fraction of sp³-hybridized carbons (Fsp3) is 0.500. The third kappa shape index (κ3) is 5.40. The van der Waals surface area contributed by atoms with Crippen LogP contribution >= 0.6 is 0 Å². The first-order chi connectivity index (χ1) is 15.1. The summed E-state index contributed by atoms with van der Waals surface area (Å²) in [6, 6.07) is 15.0. The number of amides is 1. The molecule has 2 aliphatic rings. The van der Waals surface area contributed by atoms with Gasteiger partial charge in [0.1, 0.15) is 5.75 Å². The van der Waals surface area contributed by atoms with Crippen LogP contribution in [0.15, 0.2) is 42.5 Å². The molecule has 2 aromatic rings. The monoisotopic (exact) mass is 421 g/mol. The molecule has 4 rings (SSSR count). The number of anilines is 1. The highest BCUT2D eigenvalue weighted by Gasteiger charge is 2.25. The number of nitrogens with zero attached hydrogens (tertiary/aromatic N) is 2. The predicted octanol–water partition coefficient (Wildman–Crippen LogP) is 3.96. The minimum absolute atomic E-state index is 0.0750. The van der Waals surface area contributed by atoms with Crippen LogP contribution in [0.25, 0.3) is 0 Å². The summed E-state index contributed by atoms with van der Waals surface area (Å²) in [7, 11) is 2.18. The standard InChI is InChI=1S/C26H35N3O2/c1-3-31-23-11-8-20(9-12-23)17-26(30)27-19-25(29-15-4-5-16-29)22-10-13-24-21(18-22)7-6-14-28(24)2/h8-13,18,25H,3-7,14-17,19H2,1-2H3,(H,27,30)/t25-/m1/s1. The molecule has 0 spiro atoms. The predicted molar refractivity (Wildman–Crippen MR) is 126 cm³/mol. The molecule has 1 saturated heterocycles. The Morgan fingerprint density at radius 2 is 1.84 bits per heavy atom. The fourth-order valence-electron chi connectivity index (χ4n) is 4.85. The van der Waals surface area contributed by atoms with E-state index in [4.69, 9.17) is 4.74 Å². The van der Waals surface area contributed by atoms with Gasteiger partial charge in [-0.05, 0) is 80.6 Å². The number of rotatable bonds is 8. The average molecular weight is 422 g/mol. The van der Waals surface area contributed by atoms with Crippen LogP contribution in [0.3, 0.4) is 0 Å². The third-order valence-electron chi connectivity index (χ3n) is 6.51. The molecule has 0 saturated carbocycles. The number of carbonyl (C=O) groups excluding carboxylic acids is 1. The van der Waals surface area contributed by atoms with Crippen LogP contribution in [-0.2, 0) is 17.6 Å². The van der Waals surface area contributed by atoms with Gasteiger partial charge >= 0.3 is 0 Å². The summed E-state index contributed by atoms with van der Waals surface area (Å²) in [4.78, 5) is 17.6. The minimum Gasteiger partial charge on any atom is -0.494 e. The number of carbonyl (C=O) groups is 1. The molecule has 5 heteroatoms. The van der Waals surface area contributed by atoms with Gasteiger partial charge in [0.15, 0.2) is 0 Å². The summed E-state index contributed by atoms with van der Waals surface area (Å²) >= 11 is 0. The molecule has 31 heavy (non-hydrogen) atoms. The zero-order chi connectivity index (χ0) is 21.6. The van der Waals surface area contributed by atoms with Crippen molar-refractivity contribution in [1.82, 2.24) is 10.2 Å². The molecule has 2 aromatic carbocycles. The summed E-state index contributed by atoms with van der Waals surface area (Å²) < 4.78 is 5.49. The van der Waals surface area contributed by atoms with E-state index in [1.165, 1.54) is 36.1 Å². The van der Waals surface area contributed by atoms with Crippen molar-refractivity contribution in [3.8, 4) is 5.75 Å². The van der Waals surface area contributed by atoms with Crippen LogP contribution in [0.1, 0.15) is 48.9 Å². The van der Waals surface area contributed by atoms with Crippen molar-refractivity contribution < 1.29 is 9.53 Å². The quantitative estimate of drug-likeness (QED) is 0.701. The second kappa shape index (κ2) is 10.2. The minimum atomic E-state index is 0.0750. The first-order valence-electron chi connectivity index (χ1n) is 11.7. The molecule has 2 heterocycles. The molecule has 1 N–H and O–H groups in total. The van der Waals surface area contributed by atoms with Crippen molar-refractivity contribution in [3.05, 3.63) is 59.2 Å². The highest BCUT2D eigenvalue weighted by molar-refractivity contribution is 5.78. The van der Waals surface area contributed by atoms with E-state index in [1.807, 2.05) is 31.2 Å². The molecule has 1 fully saturated rings. The van der Waals surface area contributed by atoms with Crippen LogP contribution in [0.5, 0.6) is 5.75 Å². The maximum atomic E-state index is 12.7. The average Bonchev–Trinajstić information content (AvgIpc) is 3.30. The Hall–Kier alpha value is -2.53. The number of benzene rings is 2. The SMILES string of the molecule is CCOc1ccc(CC(=O)NC[C@H](c2ccc3c(c2)CCCN3C)N2CCCC2)cc1. The molecular weight excluding hydrogens is 386 g/mol. The third-order valence-corrected chi connectivity index (χ3v) is 6.51. The van der Waals surface area contributed by atoms with Gasteiger partial charge in [-0.15, -0.1) is 0 Å². The number of ether oxygens (including phenoxy) is 1. The maximum Gasteiger partial charge on any atom is 0.224 e. The molecule has 0 aromatic heterocycles. The van der Waals surface area contributed by atoms with E-state index >= 15 is 0 Å². The van der Waals surface area contributed by atoms with Gasteiger partial charge in [0.05, 0.1) is 19.1 Å². The molecule has 1 atom stereocenters. The van der Waals surface area contributed by atoms with E-state index < -0.39 is 0 Å². The first kappa shape index (κ1) is 21.7. The van der Waals surface area contributed by atoms with Crippen LogP contribution in [0.4, 0.5) is 5.69 Å². The van der Waals surface area contributed by atoms with Gasteiger partial charge in [-0.3, -0.25) is 9.69 Å². The van der Waals surface area contributed by atoms with Crippen molar-refractivity contribution in [2.24, 2.45) is 0 Å². The van der Waals surface area contributed by atoms with E-state index in [-0.39, 0.29) is 11.9 Å². The van der Waals surface area contributed by atoms with Gasteiger partial charge in [-0.1, -0.05) is 24.3 Å². The lowest BCUT2D eigenvalue weighted by molar-refractivity contribution is -0.120. The molecule has 0 radical (unpaired) electrons. The van der Waals surface area contributed by atoms with Crippen LogP contribution in [-0.4, -0.2) is 50.6 Å². The van der Waals surface area contributed by atoms with Gasteiger partial charge in [-0.25, -0.2) is 0 Å². The lowest BCUT2D eigenvalue weighted by Crippen LogP contribution is -2.37. The summed E-state index contributed by atoms with van der Waals surface area (Å²) in [6.45, 7) is 6.62. The maximum absolute atomic E-state index is 12.7.